The molecular weight excluding hydrogens is 598 g/mol. The van der Waals surface area contributed by atoms with Crippen LogP contribution in [0.4, 0.5) is 5.69 Å². The van der Waals surface area contributed by atoms with E-state index in [1.165, 1.54) is 57.6 Å². The number of ether oxygens (including phenoxy) is 4. The van der Waals surface area contributed by atoms with Crippen molar-refractivity contribution in [2.75, 3.05) is 45.8 Å². The van der Waals surface area contributed by atoms with Gasteiger partial charge in [0, 0.05) is 25.2 Å². The van der Waals surface area contributed by atoms with E-state index in [1.54, 1.807) is 19.1 Å². The van der Waals surface area contributed by atoms with E-state index in [9.17, 15) is 18.0 Å². The smallest absolute Gasteiger partial charge is 0.265 e. The molecule has 1 N–H and O–H groups in total. The van der Waals surface area contributed by atoms with Gasteiger partial charge in [0.25, 0.3) is 10.0 Å². The molecule has 0 bridgehead atoms. The molecule has 3 aromatic carbocycles. The van der Waals surface area contributed by atoms with E-state index in [-0.39, 0.29) is 34.5 Å². The normalized spacial score (nSPS) is 11.7. The van der Waals surface area contributed by atoms with Crippen molar-refractivity contribution in [3.63, 3.8) is 0 Å². The summed E-state index contributed by atoms with van der Waals surface area (Å²) in [5, 5.41) is 2.88. The Bertz CT molecular complexity index is 1560. The van der Waals surface area contributed by atoms with Crippen LogP contribution in [0.15, 0.2) is 65.6 Å². The van der Waals surface area contributed by atoms with Crippen molar-refractivity contribution in [1.82, 2.24) is 10.2 Å². The van der Waals surface area contributed by atoms with E-state index in [1.807, 2.05) is 38.1 Å². The van der Waals surface area contributed by atoms with Gasteiger partial charge in [-0.15, -0.1) is 0 Å². The largest absolute Gasteiger partial charge is 0.497 e. The zero-order chi connectivity index (χ0) is 33.1. The number of nitrogens with zero attached hydrogens (tertiary/aromatic N) is 2. The summed E-state index contributed by atoms with van der Waals surface area (Å²) in [6.45, 7) is 5.51. The number of rotatable bonds is 16. The Morgan fingerprint density at radius 3 is 2.09 bits per heavy atom. The van der Waals surface area contributed by atoms with Gasteiger partial charge in [0.1, 0.15) is 24.1 Å². The number of unbranched alkanes of at least 4 members (excludes halogenated alkanes) is 1. The maximum atomic E-state index is 14.4. The Balaban J connectivity index is 2.14. The summed E-state index contributed by atoms with van der Waals surface area (Å²) in [6, 6.07) is 15.5. The van der Waals surface area contributed by atoms with Crippen LogP contribution >= 0.6 is 0 Å². The zero-order valence-corrected chi connectivity index (χ0v) is 27.8. The van der Waals surface area contributed by atoms with Crippen molar-refractivity contribution in [1.29, 1.82) is 0 Å². The molecule has 0 saturated heterocycles. The highest BCUT2D eigenvalue weighted by molar-refractivity contribution is 7.92. The number of hydrogen-bond acceptors (Lipinski definition) is 8. The molecule has 0 spiro atoms. The van der Waals surface area contributed by atoms with Gasteiger partial charge in [-0.1, -0.05) is 43.2 Å². The molecule has 0 heterocycles. The fourth-order valence-corrected chi connectivity index (χ4v) is 6.05. The lowest BCUT2D eigenvalue weighted by Crippen LogP contribution is -2.51. The molecule has 11 nitrogen and oxygen atoms in total. The van der Waals surface area contributed by atoms with Crippen LogP contribution in [0.1, 0.15) is 37.8 Å². The lowest BCUT2D eigenvalue weighted by Gasteiger charge is -2.32. The fraction of sp³-hybridized carbons (Fsp3) is 0.394. The van der Waals surface area contributed by atoms with Crippen molar-refractivity contribution in [2.24, 2.45) is 0 Å². The number of aryl methyl sites for hydroxylation is 1. The Morgan fingerprint density at radius 1 is 0.844 bits per heavy atom. The molecule has 244 valence electrons. The molecule has 3 rings (SSSR count). The minimum atomic E-state index is -4.43. The zero-order valence-electron chi connectivity index (χ0n) is 27.0. The second-order valence-corrected chi connectivity index (χ2v) is 12.3. The number of carbonyl (C=O) groups is 2. The molecular formula is C33H43N3O8S. The van der Waals surface area contributed by atoms with Crippen LogP contribution in [0, 0.1) is 6.92 Å². The van der Waals surface area contributed by atoms with Crippen molar-refractivity contribution in [3.05, 3.63) is 71.8 Å². The molecule has 45 heavy (non-hydrogen) atoms. The summed E-state index contributed by atoms with van der Waals surface area (Å²) in [6.07, 6.45) is 1.68. The van der Waals surface area contributed by atoms with Gasteiger partial charge >= 0.3 is 0 Å². The average Bonchev–Trinajstić information content (AvgIpc) is 3.05. The average molecular weight is 642 g/mol. The highest BCUT2D eigenvalue weighted by atomic mass is 32.2. The number of nitrogens with one attached hydrogen (secondary N) is 1. The Hall–Kier alpha value is -4.45. The minimum absolute atomic E-state index is 0.0790. The summed E-state index contributed by atoms with van der Waals surface area (Å²) in [7, 11) is 1.27. The first-order valence-electron chi connectivity index (χ1n) is 14.6. The number of anilines is 1. The van der Waals surface area contributed by atoms with Gasteiger partial charge in [0.05, 0.1) is 39.0 Å². The molecule has 3 aromatic rings. The summed E-state index contributed by atoms with van der Waals surface area (Å²) < 4.78 is 51.3. The third-order valence-corrected chi connectivity index (χ3v) is 9.10. The summed E-state index contributed by atoms with van der Waals surface area (Å²) in [5.74, 6) is 0.153. The van der Waals surface area contributed by atoms with Crippen LogP contribution in [-0.4, -0.2) is 72.7 Å². The number of hydrogen-bond donors (Lipinski definition) is 1. The predicted molar refractivity (Wildman–Crippen MR) is 173 cm³/mol. The van der Waals surface area contributed by atoms with Crippen LogP contribution in [0.25, 0.3) is 0 Å². The van der Waals surface area contributed by atoms with Crippen LogP contribution in [0.3, 0.4) is 0 Å². The number of sulfonamides is 1. The number of amides is 2. The van der Waals surface area contributed by atoms with Gasteiger partial charge in [-0.05, 0) is 50.1 Å². The third-order valence-electron chi connectivity index (χ3n) is 7.35. The maximum Gasteiger partial charge on any atom is 0.265 e. The molecule has 0 unspecified atom stereocenters. The third kappa shape index (κ3) is 8.59. The minimum Gasteiger partial charge on any atom is -0.497 e. The second kappa shape index (κ2) is 16.0. The maximum absolute atomic E-state index is 14.4. The molecule has 1 atom stereocenters. The van der Waals surface area contributed by atoms with E-state index >= 15 is 0 Å². The van der Waals surface area contributed by atoms with Gasteiger partial charge < -0.3 is 29.2 Å². The van der Waals surface area contributed by atoms with Gasteiger partial charge in [-0.3, -0.25) is 13.9 Å². The van der Waals surface area contributed by atoms with Crippen LogP contribution < -0.4 is 28.6 Å². The van der Waals surface area contributed by atoms with Crippen molar-refractivity contribution in [2.45, 2.75) is 51.1 Å². The topological polar surface area (TPSA) is 124 Å². The summed E-state index contributed by atoms with van der Waals surface area (Å²) in [5.41, 5.74) is 1.91. The van der Waals surface area contributed by atoms with E-state index in [2.05, 4.69) is 5.32 Å². The summed E-state index contributed by atoms with van der Waals surface area (Å²) in [4.78, 5) is 28.7. The first kappa shape index (κ1) is 35.0. The van der Waals surface area contributed by atoms with Crippen molar-refractivity contribution >= 4 is 27.5 Å². The quantitative estimate of drug-likeness (QED) is 0.226. The molecule has 2 amide bonds. The van der Waals surface area contributed by atoms with Gasteiger partial charge in [0.15, 0.2) is 11.5 Å². The van der Waals surface area contributed by atoms with E-state index in [4.69, 9.17) is 18.9 Å². The predicted octanol–water partition coefficient (Wildman–Crippen LogP) is 4.56. The first-order valence-corrected chi connectivity index (χ1v) is 16.0. The monoisotopic (exact) mass is 641 g/mol. The molecule has 0 aromatic heterocycles. The molecule has 12 heteroatoms. The highest BCUT2D eigenvalue weighted by Gasteiger charge is 2.34. The molecule has 0 aliphatic heterocycles. The fourth-order valence-electron chi connectivity index (χ4n) is 4.62. The molecule has 0 fully saturated rings. The second-order valence-electron chi connectivity index (χ2n) is 10.4. The highest BCUT2D eigenvalue weighted by Crippen LogP contribution is 2.37. The Labute approximate surface area is 266 Å². The first-order chi connectivity index (χ1) is 21.5. The van der Waals surface area contributed by atoms with Crippen LogP contribution in [-0.2, 0) is 26.2 Å². The van der Waals surface area contributed by atoms with Crippen LogP contribution in [0.2, 0.25) is 0 Å². The SMILES string of the molecule is CCCCNC(=O)[C@H](C)N(Cc1ccc(C)cc1)C(=O)CN(c1cc(OC)ccc1OC)S(=O)(=O)c1ccc(OC)c(OC)c1. The molecule has 0 aliphatic carbocycles. The van der Waals surface area contributed by atoms with E-state index < -0.39 is 28.5 Å². The van der Waals surface area contributed by atoms with Crippen molar-refractivity contribution < 1.29 is 37.0 Å². The van der Waals surface area contributed by atoms with Gasteiger partial charge in [-0.25, -0.2) is 8.42 Å². The van der Waals surface area contributed by atoms with Crippen molar-refractivity contribution in [3.8, 4) is 23.0 Å². The number of carbonyl (C=O) groups excluding carboxylic acids is 2. The van der Waals surface area contributed by atoms with E-state index in [0.29, 0.717) is 18.0 Å². The Morgan fingerprint density at radius 2 is 1.49 bits per heavy atom. The molecule has 0 saturated carbocycles. The van der Waals surface area contributed by atoms with Crippen LogP contribution in [0.5, 0.6) is 23.0 Å². The van der Waals surface area contributed by atoms with Gasteiger partial charge in [0.2, 0.25) is 11.8 Å². The molecule has 0 aliphatic rings. The number of methoxy groups -OCH3 is 4. The lowest BCUT2D eigenvalue weighted by atomic mass is 10.1. The lowest BCUT2D eigenvalue weighted by molar-refractivity contribution is -0.139. The van der Waals surface area contributed by atoms with E-state index in [0.717, 1.165) is 28.3 Å². The standard InChI is InChI=1S/C33H43N3O8S/c1-8-9-18-34-33(38)24(3)35(21-25-12-10-23(2)11-13-25)32(37)22-36(28-19-26(41-4)14-16-29(28)42-5)45(39,40)27-15-17-30(43-6)31(20-27)44-7/h10-17,19-20,24H,8-9,18,21-22H2,1-7H3,(H,34,38)/t24-/m0/s1. The number of benzene rings is 3. The molecule has 0 radical (unpaired) electrons. The van der Waals surface area contributed by atoms with Gasteiger partial charge in [-0.2, -0.15) is 0 Å². The Kier molecular flexibility index (Phi) is 12.5. The summed E-state index contributed by atoms with van der Waals surface area (Å²) >= 11 is 0.